The number of amides is 1. The molecule has 2 aromatic carbocycles. The minimum atomic E-state index is -4.23. The highest BCUT2D eigenvalue weighted by molar-refractivity contribution is 7.89. The number of hydrogen-bond donors (Lipinski definition) is 0. The molecule has 3 aromatic rings. The van der Waals surface area contributed by atoms with Crippen LogP contribution >= 0.6 is 0 Å². The summed E-state index contributed by atoms with van der Waals surface area (Å²) in [5.41, 5.74) is 2.95. The van der Waals surface area contributed by atoms with Gasteiger partial charge in [0.15, 0.2) is 0 Å². The molecular formula is C22H22N2O6S. The van der Waals surface area contributed by atoms with Crippen molar-refractivity contribution in [1.82, 2.24) is 9.46 Å². The topological polar surface area (TPSA) is 107 Å². The normalized spacial score (nSPS) is 11.2. The van der Waals surface area contributed by atoms with Crippen LogP contribution in [0.25, 0.3) is 22.4 Å². The highest BCUT2D eigenvalue weighted by Gasteiger charge is 2.29. The summed E-state index contributed by atoms with van der Waals surface area (Å²) < 4.78 is 36.5. The van der Waals surface area contributed by atoms with Gasteiger partial charge >= 0.3 is 5.97 Å². The Bertz CT molecular complexity index is 1180. The first-order valence-electron chi connectivity index (χ1n) is 9.56. The Morgan fingerprint density at radius 3 is 2.26 bits per heavy atom. The molecule has 3 rings (SSSR count). The van der Waals surface area contributed by atoms with Crippen LogP contribution < -0.4 is 0 Å². The molecule has 0 atom stereocenters. The molecule has 9 heteroatoms. The van der Waals surface area contributed by atoms with Crippen LogP contribution in [0.4, 0.5) is 0 Å². The average molecular weight is 442 g/mol. The fraction of sp³-hybridized carbons (Fsp3) is 0.227. The quantitative estimate of drug-likeness (QED) is 0.516. The molecule has 0 bridgehead atoms. The minimum absolute atomic E-state index is 0.0845. The van der Waals surface area contributed by atoms with Crippen LogP contribution in [0.5, 0.6) is 0 Å². The lowest BCUT2D eigenvalue weighted by molar-refractivity contribution is -0.145. The fourth-order valence-electron chi connectivity index (χ4n) is 3.12. The molecule has 0 spiro atoms. The first-order chi connectivity index (χ1) is 14.8. The van der Waals surface area contributed by atoms with Gasteiger partial charge in [-0.3, -0.25) is 9.59 Å². The van der Waals surface area contributed by atoms with Gasteiger partial charge in [-0.05, 0) is 31.5 Å². The summed E-state index contributed by atoms with van der Waals surface area (Å²) >= 11 is 0. The van der Waals surface area contributed by atoms with Crippen LogP contribution in [0.1, 0.15) is 19.6 Å². The van der Waals surface area contributed by atoms with Gasteiger partial charge in [0, 0.05) is 12.5 Å². The molecule has 8 nitrogen and oxygen atoms in total. The summed E-state index contributed by atoms with van der Waals surface area (Å²) in [5.74, 6) is -0.994. The largest absolute Gasteiger partial charge is 0.465 e. The van der Waals surface area contributed by atoms with Gasteiger partial charge in [0.25, 0.3) is 10.0 Å². The molecule has 0 saturated carbocycles. The summed E-state index contributed by atoms with van der Waals surface area (Å²) in [6, 6.07) is 15.5. The zero-order valence-corrected chi connectivity index (χ0v) is 18.2. The number of benzene rings is 2. The van der Waals surface area contributed by atoms with E-state index in [2.05, 4.69) is 5.16 Å². The molecule has 0 unspecified atom stereocenters. The van der Waals surface area contributed by atoms with E-state index in [9.17, 15) is 18.0 Å². The van der Waals surface area contributed by atoms with Crippen LogP contribution in [0.2, 0.25) is 0 Å². The van der Waals surface area contributed by atoms with E-state index in [-0.39, 0.29) is 11.5 Å². The summed E-state index contributed by atoms with van der Waals surface area (Å²) in [4.78, 5) is 23.6. The fourth-order valence-corrected chi connectivity index (χ4v) is 4.46. The van der Waals surface area contributed by atoms with Crippen LogP contribution in [-0.2, 0) is 24.3 Å². The molecule has 0 radical (unpaired) electrons. The number of nitrogens with zero attached hydrogens (tertiary/aromatic N) is 2. The van der Waals surface area contributed by atoms with Crippen molar-refractivity contribution in [2.75, 3.05) is 13.2 Å². The first-order valence-corrected chi connectivity index (χ1v) is 11.0. The molecule has 1 aromatic heterocycles. The molecule has 1 heterocycles. The van der Waals surface area contributed by atoms with Gasteiger partial charge in [-0.15, -0.1) is 0 Å². The molecule has 0 saturated heterocycles. The van der Waals surface area contributed by atoms with E-state index in [0.717, 1.165) is 18.1 Å². The summed E-state index contributed by atoms with van der Waals surface area (Å²) in [6.45, 7) is 3.85. The van der Waals surface area contributed by atoms with E-state index in [1.165, 1.54) is 12.1 Å². The zero-order chi connectivity index (χ0) is 22.6. The van der Waals surface area contributed by atoms with Gasteiger partial charge in [-0.2, -0.15) is 0 Å². The number of aromatic nitrogens is 1. The maximum absolute atomic E-state index is 12.9. The lowest BCUT2D eigenvalue weighted by Gasteiger charge is -2.20. The zero-order valence-electron chi connectivity index (χ0n) is 17.4. The SMILES string of the molecule is CCOC(=O)CN(C(C)=O)S(=O)(=O)c1ccc(-c2c(-c3ccccc3)noc2C)cc1. The van der Waals surface area contributed by atoms with Gasteiger partial charge in [-0.25, -0.2) is 12.7 Å². The van der Waals surface area contributed by atoms with Crippen molar-refractivity contribution in [3.8, 4) is 22.4 Å². The van der Waals surface area contributed by atoms with Crippen LogP contribution in [0, 0.1) is 6.92 Å². The number of aryl methyl sites for hydroxylation is 1. The number of ether oxygens (including phenoxy) is 1. The molecule has 0 fully saturated rings. The Kier molecular flexibility index (Phi) is 6.55. The van der Waals surface area contributed by atoms with Gasteiger partial charge in [0.1, 0.15) is 18.0 Å². The Labute approximate surface area is 180 Å². The lowest BCUT2D eigenvalue weighted by Crippen LogP contribution is -2.39. The predicted molar refractivity (Wildman–Crippen MR) is 113 cm³/mol. The standard InChI is InChI=1S/C22H22N2O6S/c1-4-29-20(26)14-24(16(3)25)31(27,28)19-12-10-17(11-13-19)21-15(2)30-23-22(21)18-8-6-5-7-9-18/h5-13H,4,14H2,1-3H3. The molecule has 0 aliphatic rings. The van der Waals surface area contributed by atoms with Crippen molar-refractivity contribution in [2.45, 2.75) is 25.7 Å². The summed E-state index contributed by atoms with van der Waals surface area (Å²) in [6.07, 6.45) is 0. The van der Waals surface area contributed by atoms with Crippen molar-refractivity contribution >= 4 is 21.9 Å². The number of rotatable bonds is 7. The lowest BCUT2D eigenvalue weighted by atomic mass is 10.00. The van der Waals surface area contributed by atoms with E-state index in [4.69, 9.17) is 9.26 Å². The number of hydrogen-bond acceptors (Lipinski definition) is 7. The van der Waals surface area contributed by atoms with E-state index in [1.807, 2.05) is 30.3 Å². The number of sulfonamides is 1. The highest BCUT2D eigenvalue weighted by Crippen LogP contribution is 2.34. The van der Waals surface area contributed by atoms with Crippen molar-refractivity contribution in [1.29, 1.82) is 0 Å². The monoisotopic (exact) mass is 442 g/mol. The van der Waals surface area contributed by atoms with Gasteiger partial charge in [0.2, 0.25) is 5.91 Å². The summed E-state index contributed by atoms with van der Waals surface area (Å²) in [7, 11) is -4.23. The molecule has 162 valence electrons. The Balaban J connectivity index is 1.96. The second-order valence-electron chi connectivity index (χ2n) is 6.69. The van der Waals surface area contributed by atoms with Crippen molar-refractivity contribution in [3.05, 3.63) is 60.4 Å². The molecule has 0 aliphatic carbocycles. The third kappa shape index (κ3) is 4.66. The van der Waals surface area contributed by atoms with Crippen LogP contribution in [0.15, 0.2) is 64.0 Å². The number of carbonyl (C=O) groups excluding carboxylic acids is 2. The minimum Gasteiger partial charge on any atom is -0.465 e. The third-order valence-corrected chi connectivity index (χ3v) is 6.40. The van der Waals surface area contributed by atoms with Gasteiger partial charge < -0.3 is 9.26 Å². The maximum atomic E-state index is 12.9. The van der Waals surface area contributed by atoms with Crippen molar-refractivity contribution in [2.24, 2.45) is 0 Å². The van der Waals surface area contributed by atoms with Crippen molar-refractivity contribution < 1.29 is 27.3 Å². The average Bonchev–Trinajstić information content (AvgIpc) is 3.14. The van der Waals surface area contributed by atoms with E-state index in [0.29, 0.717) is 21.3 Å². The molecule has 0 aliphatic heterocycles. The van der Waals surface area contributed by atoms with Crippen molar-refractivity contribution in [3.63, 3.8) is 0 Å². The third-order valence-electron chi connectivity index (χ3n) is 4.57. The van der Waals surface area contributed by atoms with Gasteiger partial charge in [-0.1, -0.05) is 47.6 Å². The number of esters is 1. The Hall–Kier alpha value is -3.46. The van der Waals surface area contributed by atoms with Gasteiger partial charge in [0.05, 0.1) is 17.1 Å². The summed E-state index contributed by atoms with van der Waals surface area (Å²) in [5, 5.41) is 4.14. The van der Waals surface area contributed by atoms with E-state index >= 15 is 0 Å². The Morgan fingerprint density at radius 2 is 1.68 bits per heavy atom. The molecule has 0 N–H and O–H groups in total. The predicted octanol–water partition coefficient (Wildman–Crippen LogP) is 3.42. The highest BCUT2D eigenvalue weighted by atomic mass is 32.2. The first kappa shape index (κ1) is 22.2. The molecule has 31 heavy (non-hydrogen) atoms. The van der Waals surface area contributed by atoms with Crippen LogP contribution in [0.3, 0.4) is 0 Å². The molecular weight excluding hydrogens is 420 g/mol. The number of carbonyl (C=O) groups is 2. The molecule has 1 amide bonds. The second kappa shape index (κ2) is 9.13. The van der Waals surface area contributed by atoms with E-state index in [1.54, 1.807) is 26.0 Å². The van der Waals surface area contributed by atoms with E-state index < -0.39 is 28.4 Å². The smallest absolute Gasteiger partial charge is 0.326 e. The Morgan fingerprint density at radius 1 is 1.03 bits per heavy atom. The maximum Gasteiger partial charge on any atom is 0.326 e. The van der Waals surface area contributed by atoms with Crippen LogP contribution in [-0.4, -0.2) is 42.9 Å². The second-order valence-corrected chi connectivity index (χ2v) is 8.55.